The van der Waals surface area contributed by atoms with E-state index in [1.54, 1.807) is 7.11 Å². The van der Waals surface area contributed by atoms with E-state index in [1.807, 2.05) is 7.11 Å². The molecule has 8 fully saturated rings. The maximum atomic E-state index is 14.7. The predicted molar refractivity (Wildman–Crippen MR) is 264 cm³/mol. The summed E-state index contributed by atoms with van der Waals surface area (Å²) in [7, 11) is 3.62. The Morgan fingerprint density at radius 2 is 1.18 bits per heavy atom. The van der Waals surface area contributed by atoms with E-state index in [4.69, 9.17) is 14.2 Å². The number of methoxy groups -OCH3 is 2. The molecule has 10 aliphatic rings. The maximum absolute atomic E-state index is 14.7. The largest absolute Gasteiger partial charge is 0.445 e. The van der Waals surface area contributed by atoms with Gasteiger partial charge >= 0.3 is 6.09 Å². The standard InChI is InChI=1S/C33H50N2O5.C25H40O3/c1-20-11-14-33-15-12-25(39-5)27(33)32(20,4)26(17-31(3,28(36)21(33)2)23-9-7-6-8-10-23)40-30(38)34-29(37)24-19-35-16-13-22(24)18-35;1-16-11-13-25-14-12-19(28-5)21(25)24(16,4)20(26)15-23(3,22(27)17(25)2)18-9-7-6-8-10-18/h7,9,20-27H,6,8,10-19H2,1-5H3,(H,34,37,38);7,9,16-21,26H,6,8,10-15H2,1-5H3/t20-,21+,22-,23?,24+,25-,26-,27?,31+,32+,33?;16-,17+,18?,19-,20-,21?,23+,24+,25?/m11/s1. The predicted octanol–water partition coefficient (Wildman–Crippen LogP) is 10.5. The Morgan fingerprint density at radius 3 is 1.65 bits per heavy atom. The monoisotopic (exact) mass is 943 g/mol. The van der Waals surface area contributed by atoms with Crippen LogP contribution >= 0.6 is 0 Å². The average Bonchev–Trinajstić information content (AvgIpc) is 4.17. The molecule has 380 valence electrons. The molecule has 8 aliphatic carbocycles. The highest BCUT2D eigenvalue weighted by molar-refractivity contribution is 5.94. The third kappa shape index (κ3) is 7.64. The van der Waals surface area contributed by atoms with Gasteiger partial charge in [-0.1, -0.05) is 79.7 Å². The minimum absolute atomic E-state index is 0.0138. The quantitative estimate of drug-likeness (QED) is 0.250. The van der Waals surface area contributed by atoms with E-state index >= 15 is 0 Å². The first-order chi connectivity index (χ1) is 32.3. The zero-order chi connectivity index (χ0) is 48.8. The van der Waals surface area contributed by atoms with Crippen molar-refractivity contribution in [3.8, 4) is 0 Å². The van der Waals surface area contributed by atoms with Crippen molar-refractivity contribution in [2.24, 2.45) is 91.7 Å². The third-order valence-corrected chi connectivity index (χ3v) is 23.5. The molecule has 21 atom stereocenters. The van der Waals surface area contributed by atoms with Gasteiger partial charge in [0.2, 0.25) is 5.91 Å². The lowest BCUT2D eigenvalue weighted by molar-refractivity contribution is -0.194. The minimum Gasteiger partial charge on any atom is -0.445 e. The number of carbonyl (C=O) groups excluding carboxylic acids is 4. The van der Waals surface area contributed by atoms with Gasteiger partial charge in [0.05, 0.1) is 24.2 Å². The smallest absolute Gasteiger partial charge is 0.414 e. The number of amides is 2. The molecule has 0 aromatic rings. The summed E-state index contributed by atoms with van der Waals surface area (Å²) in [5.41, 5.74) is -1.83. The van der Waals surface area contributed by atoms with Gasteiger partial charge in [0.15, 0.2) is 0 Å². The molecule has 2 heterocycles. The maximum Gasteiger partial charge on any atom is 0.414 e. The molecule has 0 aromatic carbocycles. The number of nitrogens with zero attached hydrogens (tertiary/aromatic N) is 1. The number of allylic oxidation sites excluding steroid dienone is 4. The van der Waals surface area contributed by atoms with Crippen molar-refractivity contribution in [3.63, 3.8) is 0 Å². The second kappa shape index (κ2) is 18.6. The molecule has 2 saturated heterocycles. The van der Waals surface area contributed by atoms with E-state index in [0.717, 1.165) is 116 Å². The third-order valence-electron chi connectivity index (χ3n) is 23.5. The molecule has 6 bridgehead atoms. The molecule has 7 unspecified atom stereocenters. The molecule has 10 nitrogen and oxygen atoms in total. The van der Waals surface area contributed by atoms with Crippen LogP contribution in [0.15, 0.2) is 24.3 Å². The molecular formula is C58H90N2O8. The highest BCUT2D eigenvalue weighted by atomic mass is 16.6. The first-order valence-corrected chi connectivity index (χ1v) is 27.7. The van der Waals surface area contributed by atoms with Gasteiger partial charge in [-0.3, -0.25) is 19.7 Å². The van der Waals surface area contributed by atoms with Crippen LogP contribution in [0.25, 0.3) is 0 Å². The fourth-order valence-corrected chi connectivity index (χ4v) is 18.9. The number of fused-ring (bicyclic) bond motifs is 2. The lowest BCUT2D eigenvalue weighted by Gasteiger charge is -2.62. The summed E-state index contributed by atoms with van der Waals surface area (Å²) < 4.78 is 18.6. The molecule has 68 heavy (non-hydrogen) atoms. The average molecular weight is 943 g/mol. The Balaban J connectivity index is 0.000000181. The number of carbonyl (C=O) groups is 4. The molecule has 0 aromatic heterocycles. The van der Waals surface area contributed by atoms with Gasteiger partial charge in [0, 0.05) is 66.7 Å². The van der Waals surface area contributed by atoms with Crippen LogP contribution in [0.3, 0.4) is 0 Å². The van der Waals surface area contributed by atoms with Crippen molar-refractivity contribution >= 4 is 23.6 Å². The highest BCUT2D eigenvalue weighted by Gasteiger charge is 2.70. The van der Waals surface area contributed by atoms with Crippen molar-refractivity contribution in [3.05, 3.63) is 24.3 Å². The van der Waals surface area contributed by atoms with Crippen LogP contribution in [0, 0.1) is 91.7 Å². The summed E-state index contributed by atoms with van der Waals surface area (Å²) in [5.74, 6) is 2.17. The van der Waals surface area contributed by atoms with Gasteiger partial charge in [0.1, 0.15) is 17.7 Å². The van der Waals surface area contributed by atoms with Crippen LogP contribution in [-0.4, -0.2) is 91.8 Å². The summed E-state index contributed by atoms with van der Waals surface area (Å²) in [5, 5.41) is 14.4. The number of alkyl carbamates (subject to hydrolysis) is 1. The highest BCUT2D eigenvalue weighted by Crippen LogP contribution is 2.71. The van der Waals surface area contributed by atoms with Crippen LogP contribution in [0.1, 0.15) is 165 Å². The van der Waals surface area contributed by atoms with Crippen LogP contribution in [0.4, 0.5) is 4.79 Å². The number of piperidine rings is 1. The Bertz CT molecular complexity index is 2000. The second-order valence-electron chi connectivity index (χ2n) is 25.8. The Hall–Kier alpha value is -2.40. The summed E-state index contributed by atoms with van der Waals surface area (Å²) >= 11 is 0. The summed E-state index contributed by atoms with van der Waals surface area (Å²) in [6, 6.07) is 0. The van der Waals surface area contributed by atoms with E-state index in [2.05, 4.69) is 89.9 Å². The van der Waals surface area contributed by atoms with Crippen LogP contribution < -0.4 is 5.32 Å². The lowest BCUT2D eigenvalue weighted by Crippen LogP contribution is -2.64. The number of imide groups is 1. The van der Waals surface area contributed by atoms with Crippen LogP contribution in [-0.2, 0) is 28.6 Å². The Kier molecular flexibility index (Phi) is 13.8. The number of hydrogen-bond acceptors (Lipinski definition) is 9. The molecule has 10 rings (SSSR count). The number of ether oxygens (including phenoxy) is 3. The topological polar surface area (TPSA) is 131 Å². The van der Waals surface area contributed by atoms with Gasteiger partial charge in [-0.25, -0.2) is 4.79 Å². The number of Topliss-reactive ketones (excluding diaryl/α,β-unsaturated/α-hetero) is 2. The normalized spacial score (nSPS) is 51.5. The zero-order valence-corrected chi connectivity index (χ0v) is 43.8. The van der Waals surface area contributed by atoms with Crippen molar-refractivity contribution in [2.45, 2.75) is 189 Å². The molecule has 6 saturated carbocycles. The summed E-state index contributed by atoms with van der Waals surface area (Å²) in [6.45, 7) is 20.7. The molecule has 2 N–H and O–H groups in total. The van der Waals surface area contributed by atoms with E-state index in [0.29, 0.717) is 42.2 Å². The summed E-state index contributed by atoms with van der Waals surface area (Å²) in [6.07, 6.45) is 24.4. The van der Waals surface area contributed by atoms with Crippen LogP contribution in [0.5, 0.6) is 0 Å². The van der Waals surface area contributed by atoms with E-state index in [1.165, 1.54) is 0 Å². The SMILES string of the molecule is CO[C@@H]1CCC23CC[C@@H](C)[C@](C)(C12)[C@H](O)C[C@@](C)(C1C=CCCC1)C(=O)[C@@H]3C.CO[C@@H]1CCC23CC[C@@H](C)[C@](C)(C12)[C@H](OC(=O)NC(=O)[C@H]1CN2CC[C@@H]1C2)C[C@@](C)(C1C=CCCC1)C(=O)[C@@H]3C. The van der Waals surface area contributed by atoms with Crippen molar-refractivity contribution < 1.29 is 38.5 Å². The van der Waals surface area contributed by atoms with E-state index in [9.17, 15) is 24.3 Å². The van der Waals surface area contributed by atoms with Crippen molar-refractivity contribution in [1.82, 2.24) is 10.2 Å². The molecule has 2 amide bonds. The summed E-state index contributed by atoms with van der Waals surface area (Å²) in [4.78, 5) is 57.9. The number of nitrogens with one attached hydrogen (secondary N) is 1. The molecule has 10 heteroatoms. The first kappa shape index (κ1) is 50.5. The second-order valence-corrected chi connectivity index (χ2v) is 25.8. The molecule has 0 spiro atoms. The number of rotatable bonds is 6. The number of aliphatic hydroxyl groups is 1. The van der Waals surface area contributed by atoms with E-state index in [-0.39, 0.29) is 81.2 Å². The van der Waals surface area contributed by atoms with E-state index < -0.39 is 29.1 Å². The number of ketones is 2. The van der Waals surface area contributed by atoms with Gasteiger partial charge in [0.25, 0.3) is 0 Å². The Labute approximate surface area is 409 Å². The van der Waals surface area contributed by atoms with Gasteiger partial charge in [-0.2, -0.15) is 0 Å². The molecule has 0 radical (unpaired) electrons. The van der Waals surface area contributed by atoms with Gasteiger partial charge in [-0.15, -0.1) is 0 Å². The Morgan fingerprint density at radius 1 is 0.676 bits per heavy atom. The fraction of sp³-hybridized carbons (Fsp3) is 0.862. The molecular weight excluding hydrogens is 853 g/mol. The van der Waals surface area contributed by atoms with Gasteiger partial charge in [-0.05, 0) is 162 Å². The number of aliphatic hydroxyl groups excluding tert-OH is 1. The lowest BCUT2D eigenvalue weighted by atomic mass is 9.43. The zero-order valence-electron chi connectivity index (χ0n) is 43.8. The fourth-order valence-electron chi connectivity index (χ4n) is 18.9. The first-order valence-electron chi connectivity index (χ1n) is 27.7. The number of hydrogen-bond donors (Lipinski definition) is 2. The van der Waals surface area contributed by atoms with Crippen molar-refractivity contribution in [1.29, 1.82) is 0 Å². The van der Waals surface area contributed by atoms with Crippen molar-refractivity contribution in [2.75, 3.05) is 33.9 Å². The van der Waals surface area contributed by atoms with Crippen LogP contribution in [0.2, 0.25) is 0 Å². The minimum atomic E-state index is -0.646. The van der Waals surface area contributed by atoms with Gasteiger partial charge < -0.3 is 24.2 Å². The molecule has 2 aliphatic heterocycles.